The van der Waals surface area contributed by atoms with Gasteiger partial charge in [0.25, 0.3) is 10.0 Å². The fourth-order valence-corrected chi connectivity index (χ4v) is 5.42. The molecule has 0 unspecified atom stereocenters. The predicted octanol–water partition coefficient (Wildman–Crippen LogP) is 3.57. The third-order valence-electron chi connectivity index (χ3n) is 4.59. The fraction of sp³-hybridized carbons (Fsp3) is 0.182. The van der Waals surface area contributed by atoms with Crippen LogP contribution >= 0.6 is 11.3 Å². The van der Waals surface area contributed by atoms with E-state index in [1.807, 2.05) is 19.9 Å². The van der Waals surface area contributed by atoms with Crippen LogP contribution in [0.15, 0.2) is 58.8 Å². The van der Waals surface area contributed by atoms with Gasteiger partial charge in [-0.3, -0.25) is 9.52 Å². The van der Waals surface area contributed by atoms with Crippen LogP contribution in [0, 0.1) is 13.8 Å². The molecule has 0 fully saturated rings. The van der Waals surface area contributed by atoms with Gasteiger partial charge < -0.3 is 10.1 Å². The van der Waals surface area contributed by atoms with Gasteiger partial charge in [-0.1, -0.05) is 0 Å². The minimum Gasteiger partial charge on any atom is -0.438 e. The highest BCUT2D eigenvalue weighted by Gasteiger charge is 2.17. The molecule has 0 aliphatic rings. The van der Waals surface area contributed by atoms with Gasteiger partial charge in [-0.05, 0) is 62.4 Å². The van der Waals surface area contributed by atoms with Crippen molar-refractivity contribution in [3.05, 3.63) is 70.9 Å². The van der Waals surface area contributed by atoms with E-state index in [2.05, 4.69) is 25.3 Å². The maximum Gasteiger partial charge on any atom is 0.271 e. The lowest BCUT2D eigenvalue weighted by atomic mass is 10.3. The highest BCUT2D eigenvalue weighted by molar-refractivity contribution is 7.94. The summed E-state index contributed by atoms with van der Waals surface area (Å²) in [7, 11) is -3.75. The van der Waals surface area contributed by atoms with Crippen molar-refractivity contribution < 1.29 is 17.9 Å². The van der Waals surface area contributed by atoms with Crippen LogP contribution in [0.3, 0.4) is 0 Å². The molecule has 0 radical (unpaired) electrons. The lowest BCUT2D eigenvalue weighted by molar-refractivity contribution is -0.119. The number of benzene rings is 1. The van der Waals surface area contributed by atoms with Crippen LogP contribution in [-0.4, -0.2) is 34.3 Å². The summed E-state index contributed by atoms with van der Waals surface area (Å²) in [5.41, 5.74) is 2.22. The Labute approximate surface area is 200 Å². The van der Waals surface area contributed by atoms with E-state index < -0.39 is 10.0 Å². The van der Waals surface area contributed by atoms with Crippen LogP contribution in [0.2, 0.25) is 0 Å². The van der Waals surface area contributed by atoms with Gasteiger partial charge in [0, 0.05) is 29.2 Å². The van der Waals surface area contributed by atoms with E-state index in [-0.39, 0.29) is 16.7 Å². The Bertz CT molecular complexity index is 1410. The van der Waals surface area contributed by atoms with Crippen molar-refractivity contribution in [2.24, 2.45) is 0 Å². The number of hydrogen-bond donors (Lipinski definition) is 2. The van der Waals surface area contributed by atoms with Crippen LogP contribution in [0.5, 0.6) is 11.6 Å². The van der Waals surface area contributed by atoms with Crippen LogP contribution in [0.25, 0.3) is 5.82 Å². The first kappa shape index (κ1) is 23.4. The number of anilines is 1. The second-order valence-corrected chi connectivity index (χ2v) is 10.5. The normalized spacial score (nSPS) is 11.3. The summed E-state index contributed by atoms with van der Waals surface area (Å²) in [4.78, 5) is 11.8. The zero-order chi connectivity index (χ0) is 24.3. The molecule has 2 N–H and O–H groups in total. The lowest BCUT2D eigenvalue weighted by Crippen LogP contribution is -2.18. The maximum absolute atomic E-state index is 12.7. The van der Waals surface area contributed by atoms with Crippen molar-refractivity contribution in [2.75, 3.05) is 4.72 Å². The van der Waals surface area contributed by atoms with E-state index in [1.165, 1.54) is 13.0 Å². The summed E-state index contributed by atoms with van der Waals surface area (Å²) in [6.45, 7) is 5.53. The Hall–Kier alpha value is -3.77. The molecule has 34 heavy (non-hydrogen) atoms. The minimum absolute atomic E-state index is 0.158. The Balaban J connectivity index is 1.39. The number of sulfonamides is 1. The van der Waals surface area contributed by atoms with E-state index >= 15 is 0 Å². The second kappa shape index (κ2) is 9.61. The second-order valence-electron chi connectivity index (χ2n) is 7.43. The molecular weight excluding hydrogens is 476 g/mol. The highest BCUT2D eigenvalue weighted by Crippen LogP contribution is 2.26. The molecule has 3 aromatic heterocycles. The summed E-state index contributed by atoms with van der Waals surface area (Å²) >= 11 is 1.10. The molecule has 1 amide bonds. The standard InChI is InChI=1S/C22H22N6O4S2/c1-14-12-15(2)28(26-14)20-9-10-21(25-24-20)32-18-6-4-17(5-7-18)27-34(30,31)22-11-8-19(33-22)13-23-16(3)29/h4-12,27H,13H2,1-3H3,(H,23,29). The fourth-order valence-electron chi connectivity index (χ4n) is 3.07. The zero-order valence-electron chi connectivity index (χ0n) is 18.6. The van der Waals surface area contributed by atoms with Gasteiger partial charge in [-0.15, -0.1) is 21.5 Å². The number of nitrogens with one attached hydrogen (secondary N) is 2. The third-order valence-corrected chi connectivity index (χ3v) is 7.55. The Morgan fingerprint density at radius 3 is 2.44 bits per heavy atom. The van der Waals surface area contributed by atoms with Crippen molar-refractivity contribution in [2.45, 2.75) is 31.5 Å². The quantitative estimate of drug-likeness (QED) is 0.380. The Morgan fingerprint density at radius 2 is 1.82 bits per heavy atom. The Morgan fingerprint density at radius 1 is 1.06 bits per heavy atom. The molecule has 10 nitrogen and oxygen atoms in total. The van der Waals surface area contributed by atoms with E-state index in [0.717, 1.165) is 27.6 Å². The van der Waals surface area contributed by atoms with Crippen molar-refractivity contribution >= 4 is 33.0 Å². The van der Waals surface area contributed by atoms with Crippen LogP contribution in [0.4, 0.5) is 5.69 Å². The molecule has 3 heterocycles. The van der Waals surface area contributed by atoms with E-state index in [4.69, 9.17) is 4.74 Å². The number of amides is 1. The van der Waals surface area contributed by atoms with E-state index in [1.54, 1.807) is 47.1 Å². The molecule has 0 saturated heterocycles. The Kier molecular flexibility index (Phi) is 6.61. The number of hydrogen-bond acceptors (Lipinski definition) is 8. The monoisotopic (exact) mass is 498 g/mol. The maximum atomic E-state index is 12.7. The van der Waals surface area contributed by atoms with Gasteiger partial charge in [-0.25, -0.2) is 13.1 Å². The number of nitrogens with zero attached hydrogens (tertiary/aromatic N) is 4. The molecule has 0 spiro atoms. The molecule has 4 aromatic rings. The highest BCUT2D eigenvalue weighted by atomic mass is 32.2. The molecule has 0 saturated carbocycles. The molecule has 0 bridgehead atoms. The molecule has 0 aliphatic heterocycles. The minimum atomic E-state index is -3.75. The number of thiophene rings is 1. The van der Waals surface area contributed by atoms with Gasteiger partial charge in [0.1, 0.15) is 9.96 Å². The van der Waals surface area contributed by atoms with Crippen molar-refractivity contribution in [3.63, 3.8) is 0 Å². The molecule has 0 atom stereocenters. The molecule has 12 heteroatoms. The van der Waals surface area contributed by atoms with E-state index in [9.17, 15) is 13.2 Å². The number of carbonyl (C=O) groups is 1. The van der Waals surface area contributed by atoms with Crippen molar-refractivity contribution in [1.82, 2.24) is 25.3 Å². The number of aryl methyl sites for hydroxylation is 2. The topological polar surface area (TPSA) is 128 Å². The first-order valence-corrected chi connectivity index (χ1v) is 12.5. The first-order chi connectivity index (χ1) is 16.2. The zero-order valence-corrected chi connectivity index (χ0v) is 20.3. The van der Waals surface area contributed by atoms with Crippen molar-refractivity contribution in [1.29, 1.82) is 0 Å². The summed E-state index contributed by atoms with van der Waals surface area (Å²) in [6.07, 6.45) is 0. The molecule has 4 rings (SSSR count). The SMILES string of the molecule is CC(=O)NCc1ccc(S(=O)(=O)Nc2ccc(Oc3ccc(-n4nc(C)cc4C)nn3)cc2)s1. The van der Waals surface area contributed by atoms with Crippen LogP contribution in [0.1, 0.15) is 23.2 Å². The van der Waals surface area contributed by atoms with Crippen LogP contribution < -0.4 is 14.8 Å². The molecule has 0 aliphatic carbocycles. The largest absolute Gasteiger partial charge is 0.438 e. The predicted molar refractivity (Wildman–Crippen MR) is 128 cm³/mol. The summed E-state index contributed by atoms with van der Waals surface area (Å²) < 4.78 is 35.4. The molecular formula is C22H22N6O4S2. The molecule has 1 aromatic carbocycles. The summed E-state index contributed by atoms with van der Waals surface area (Å²) in [5, 5.41) is 15.3. The average Bonchev–Trinajstić information content (AvgIpc) is 3.41. The van der Waals surface area contributed by atoms with Crippen LogP contribution in [-0.2, 0) is 21.4 Å². The first-order valence-electron chi connectivity index (χ1n) is 10.2. The van der Waals surface area contributed by atoms with Gasteiger partial charge in [0.05, 0.1) is 12.2 Å². The molecule has 176 valence electrons. The number of ether oxygens (including phenoxy) is 1. The lowest BCUT2D eigenvalue weighted by Gasteiger charge is -2.08. The number of rotatable bonds is 8. The van der Waals surface area contributed by atoms with E-state index in [0.29, 0.717) is 23.1 Å². The van der Waals surface area contributed by atoms with Gasteiger partial charge in [0.15, 0.2) is 5.82 Å². The summed E-state index contributed by atoms with van der Waals surface area (Å²) in [6, 6.07) is 15.0. The van der Waals surface area contributed by atoms with Crippen molar-refractivity contribution in [3.8, 4) is 17.4 Å². The third kappa shape index (κ3) is 5.58. The van der Waals surface area contributed by atoms with Gasteiger partial charge in [0.2, 0.25) is 11.8 Å². The number of aromatic nitrogens is 4. The average molecular weight is 499 g/mol. The van der Waals surface area contributed by atoms with Gasteiger partial charge in [-0.2, -0.15) is 5.10 Å². The summed E-state index contributed by atoms with van der Waals surface area (Å²) in [5.74, 6) is 1.17. The van der Waals surface area contributed by atoms with Gasteiger partial charge >= 0.3 is 0 Å². The smallest absolute Gasteiger partial charge is 0.271 e. The number of carbonyl (C=O) groups excluding carboxylic acids is 1.